The first-order chi connectivity index (χ1) is 9.06. The van der Waals surface area contributed by atoms with Crippen LogP contribution < -0.4 is 0 Å². The lowest BCUT2D eigenvalue weighted by atomic mass is 10.2. The number of rotatable bonds is 2. The van der Waals surface area contributed by atoms with Gasteiger partial charge in [0.25, 0.3) is 0 Å². The molecule has 1 atom stereocenters. The fraction of sp³-hybridized carbons (Fsp3) is 0.231. The van der Waals surface area contributed by atoms with Gasteiger partial charge in [0.2, 0.25) is 0 Å². The van der Waals surface area contributed by atoms with Gasteiger partial charge in [0.1, 0.15) is 10.8 Å². The van der Waals surface area contributed by atoms with Gasteiger partial charge in [-0.15, -0.1) is 11.3 Å². The van der Waals surface area contributed by atoms with E-state index in [0.29, 0.717) is 4.77 Å². The van der Waals surface area contributed by atoms with E-state index in [9.17, 15) is 4.39 Å². The molecule has 0 saturated carbocycles. The molecule has 0 aliphatic heterocycles. The van der Waals surface area contributed by atoms with E-state index in [-0.39, 0.29) is 11.9 Å². The first kappa shape index (κ1) is 12.5. The minimum Gasteiger partial charge on any atom is -0.331 e. The van der Waals surface area contributed by atoms with Gasteiger partial charge in [-0.3, -0.25) is 0 Å². The molecule has 3 rings (SSSR count). The number of hydrogen-bond donors (Lipinski definition) is 1. The van der Waals surface area contributed by atoms with Crippen molar-refractivity contribution in [1.82, 2.24) is 14.5 Å². The maximum Gasteiger partial charge on any atom is 0.178 e. The number of hydrogen-bond acceptors (Lipinski definition) is 3. The molecule has 0 fully saturated rings. The Kier molecular flexibility index (Phi) is 2.99. The molecule has 0 radical (unpaired) electrons. The van der Waals surface area contributed by atoms with Gasteiger partial charge < -0.3 is 9.55 Å². The Morgan fingerprint density at radius 2 is 2.26 bits per heavy atom. The third-order valence-corrected chi connectivity index (χ3v) is 4.49. The summed E-state index contributed by atoms with van der Waals surface area (Å²) in [5.74, 6) is -0.266. The van der Waals surface area contributed by atoms with E-state index in [1.807, 2.05) is 23.8 Å². The molecule has 0 aliphatic rings. The van der Waals surface area contributed by atoms with Crippen LogP contribution in [0.5, 0.6) is 0 Å². The molecular weight excluding hydrogens is 281 g/mol. The SMILES string of the molecule is Cc1csc(C(C)n2c(=S)[nH]c3ccc(F)cc32)n1. The Balaban J connectivity index is 2.21. The van der Waals surface area contributed by atoms with Crippen molar-refractivity contribution in [2.75, 3.05) is 0 Å². The van der Waals surface area contributed by atoms with E-state index in [1.165, 1.54) is 12.1 Å². The third-order valence-electron chi connectivity index (χ3n) is 3.06. The predicted octanol–water partition coefficient (Wildman–Crippen LogP) is 4.21. The molecule has 1 unspecified atom stereocenters. The summed E-state index contributed by atoms with van der Waals surface area (Å²) in [5, 5.41) is 2.98. The van der Waals surface area contributed by atoms with Crippen LogP contribution in [0.2, 0.25) is 0 Å². The molecule has 0 amide bonds. The largest absolute Gasteiger partial charge is 0.331 e. The van der Waals surface area contributed by atoms with Crippen molar-refractivity contribution in [2.45, 2.75) is 19.9 Å². The molecule has 0 saturated heterocycles. The molecule has 3 nitrogen and oxygen atoms in total. The molecule has 1 aromatic carbocycles. The summed E-state index contributed by atoms with van der Waals surface area (Å²) in [6, 6.07) is 4.62. The van der Waals surface area contributed by atoms with Crippen molar-refractivity contribution in [2.24, 2.45) is 0 Å². The number of halogens is 1. The molecule has 0 aliphatic carbocycles. The van der Waals surface area contributed by atoms with Gasteiger partial charge >= 0.3 is 0 Å². The molecule has 1 N–H and O–H groups in total. The number of thiazole rings is 1. The first-order valence-corrected chi connectivity index (χ1v) is 7.17. The number of benzene rings is 1. The number of nitrogens with one attached hydrogen (secondary N) is 1. The summed E-state index contributed by atoms with van der Waals surface area (Å²) in [4.78, 5) is 7.58. The van der Waals surface area contributed by atoms with Crippen molar-refractivity contribution in [1.29, 1.82) is 0 Å². The number of H-pyrrole nitrogens is 1. The standard InChI is InChI=1S/C13H12FN3S2/c1-7-6-19-12(15-7)8(2)17-11-5-9(14)3-4-10(11)16-13(17)18/h3-6,8H,1-2H3,(H,16,18). The van der Waals surface area contributed by atoms with Crippen molar-refractivity contribution < 1.29 is 4.39 Å². The second-order valence-corrected chi connectivity index (χ2v) is 5.74. The molecule has 98 valence electrons. The van der Waals surface area contributed by atoms with Crippen molar-refractivity contribution in [3.63, 3.8) is 0 Å². The minimum absolute atomic E-state index is 0.0123. The van der Waals surface area contributed by atoms with Crippen LogP contribution in [0.4, 0.5) is 4.39 Å². The van der Waals surface area contributed by atoms with Crippen LogP contribution in [0.25, 0.3) is 11.0 Å². The molecule has 2 aromatic heterocycles. The number of aromatic nitrogens is 3. The van der Waals surface area contributed by atoms with Crippen LogP contribution in [-0.4, -0.2) is 14.5 Å². The second-order valence-electron chi connectivity index (χ2n) is 4.46. The second kappa shape index (κ2) is 4.54. The topological polar surface area (TPSA) is 33.6 Å². The van der Waals surface area contributed by atoms with Gasteiger partial charge in [-0.05, 0) is 44.3 Å². The van der Waals surface area contributed by atoms with Gasteiger partial charge in [-0.25, -0.2) is 9.37 Å². The van der Waals surface area contributed by atoms with Crippen molar-refractivity contribution in [3.8, 4) is 0 Å². The van der Waals surface area contributed by atoms with E-state index in [0.717, 1.165) is 21.7 Å². The summed E-state index contributed by atoms with van der Waals surface area (Å²) in [7, 11) is 0. The van der Waals surface area contributed by atoms with Gasteiger partial charge in [0, 0.05) is 11.1 Å². The Hall–Kier alpha value is -1.53. The van der Waals surface area contributed by atoms with Gasteiger partial charge in [-0.1, -0.05) is 0 Å². The summed E-state index contributed by atoms with van der Waals surface area (Å²) in [6.07, 6.45) is 0. The van der Waals surface area contributed by atoms with Crippen LogP contribution in [0.1, 0.15) is 23.7 Å². The highest BCUT2D eigenvalue weighted by atomic mass is 32.1. The molecule has 3 aromatic rings. The Labute approximate surface area is 118 Å². The Morgan fingerprint density at radius 3 is 2.95 bits per heavy atom. The molecule has 0 spiro atoms. The lowest BCUT2D eigenvalue weighted by Crippen LogP contribution is -2.06. The number of nitrogens with zero attached hydrogens (tertiary/aromatic N) is 2. The minimum atomic E-state index is -0.266. The average Bonchev–Trinajstić information content (AvgIpc) is 2.91. The summed E-state index contributed by atoms with van der Waals surface area (Å²) in [5.41, 5.74) is 2.60. The van der Waals surface area contributed by atoms with Gasteiger partial charge in [-0.2, -0.15) is 0 Å². The molecule has 2 heterocycles. The number of fused-ring (bicyclic) bond motifs is 1. The molecule has 6 heteroatoms. The summed E-state index contributed by atoms with van der Waals surface area (Å²) >= 11 is 6.93. The average molecular weight is 293 g/mol. The number of aromatic amines is 1. The Morgan fingerprint density at radius 1 is 1.47 bits per heavy atom. The summed E-state index contributed by atoms with van der Waals surface area (Å²) in [6.45, 7) is 3.98. The Bertz CT molecular complexity index is 800. The lowest BCUT2D eigenvalue weighted by Gasteiger charge is -2.11. The lowest BCUT2D eigenvalue weighted by molar-refractivity contribution is 0.621. The zero-order chi connectivity index (χ0) is 13.6. The van der Waals surface area contributed by atoms with E-state index in [1.54, 1.807) is 17.4 Å². The van der Waals surface area contributed by atoms with Gasteiger partial charge in [0.15, 0.2) is 4.77 Å². The van der Waals surface area contributed by atoms with Crippen LogP contribution >= 0.6 is 23.6 Å². The normalized spacial score (nSPS) is 13.0. The smallest absolute Gasteiger partial charge is 0.178 e. The maximum absolute atomic E-state index is 13.4. The van der Waals surface area contributed by atoms with Crippen molar-refractivity contribution in [3.05, 3.63) is 44.9 Å². The maximum atomic E-state index is 13.4. The molecule has 0 bridgehead atoms. The highest BCUT2D eigenvalue weighted by Crippen LogP contribution is 2.26. The summed E-state index contributed by atoms with van der Waals surface area (Å²) < 4.78 is 15.9. The van der Waals surface area contributed by atoms with Crippen LogP contribution in [0.3, 0.4) is 0 Å². The van der Waals surface area contributed by atoms with E-state index in [4.69, 9.17) is 12.2 Å². The number of aryl methyl sites for hydroxylation is 1. The monoisotopic (exact) mass is 293 g/mol. The van der Waals surface area contributed by atoms with Gasteiger partial charge in [0.05, 0.1) is 17.1 Å². The molecular formula is C13H12FN3S2. The van der Waals surface area contributed by atoms with Crippen LogP contribution in [0, 0.1) is 17.5 Å². The quantitative estimate of drug-likeness (QED) is 0.718. The predicted molar refractivity (Wildman–Crippen MR) is 77.7 cm³/mol. The highest BCUT2D eigenvalue weighted by Gasteiger charge is 2.16. The zero-order valence-corrected chi connectivity index (χ0v) is 12.1. The highest BCUT2D eigenvalue weighted by molar-refractivity contribution is 7.71. The number of imidazole rings is 1. The van der Waals surface area contributed by atoms with E-state index < -0.39 is 0 Å². The van der Waals surface area contributed by atoms with Crippen molar-refractivity contribution >= 4 is 34.6 Å². The van der Waals surface area contributed by atoms with E-state index >= 15 is 0 Å². The van der Waals surface area contributed by atoms with E-state index in [2.05, 4.69) is 9.97 Å². The van der Waals surface area contributed by atoms with Crippen LogP contribution in [0.15, 0.2) is 23.6 Å². The fourth-order valence-corrected chi connectivity index (χ4v) is 3.36. The first-order valence-electron chi connectivity index (χ1n) is 5.88. The van der Waals surface area contributed by atoms with Crippen LogP contribution in [-0.2, 0) is 0 Å². The molecule has 19 heavy (non-hydrogen) atoms. The fourth-order valence-electron chi connectivity index (χ4n) is 2.15. The third kappa shape index (κ3) is 2.11. The zero-order valence-electron chi connectivity index (χ0n) is 10.5.